The Morgan fingerprint density at radius 2 is 1.83 bits per heavy atom. The molecule has 1 saturated heterocycles. The lowest BCUT2D eigenvalue weighted by molar-refractivity contribution is -0.131. The van der Waals surface area contributed by atoms with Crippen molar-refractivity contribution in [3.05, 3.63) is 0 Å². The van der Waals surface area contributed by atoms with E-state index in [9.17, 15) is 15.3 Å². The maximum absolute atomic E-state index is 12.6. The van der Waals surface area contributed by atoms with Crippen LogP contribution in [0.3, 0.4) is 0 Å². The highest BCUT2D eigenvalue weighted by Gasteiger charge is 2.42. The Bertz CT molecular complexity index is 537. The summed E-state index contributed by atoms with van der Waals surface area (Å²) in [6, 6.07) is 3.41. The molecule has 1 N–H and O–H groups in total. The van der Waals surface area contributed by atoms with Crippen LogP contribution < -0.4 is 5.32 Å². The molecule has 5 nitrogen and oxygen atoms in total. The molecule has 0 spiro atoms. The minimum Gasteiger partial charge on any atom is -0.310 e. The summed E-state index contributed by atoms with van der Waals surface area (Å²) in [6.07, 6.45) is 5.69. The standard InChI is InChI=1S/C19H30N4O/c1-5-18(2,3)14-8-9-19(4,10-14)22-13-17(24)23-15(11-20)6-7-16(23)12-21/h14-16,22H,5-10,13H2,1-4H3/t14?,15-,16+,19?. The summed E-state index contributed by atoms with van der Waals surface area (Å²) in [6.45, 7) is 9.30. The average Bonchev–Trinajstić information content (AvgIpc) is 3.16. The molecule has 0 aromatic rings. The van der Waals surface area contributed by atoms with Gasteiger partial charge in [0.1, 0.15) is 12.1 Å². The third-order valence-electron chi connectivity index (χ3n) is 6.40. The van der Waals surface area contributed by atoms with Crippen molar-refractivity contribution in [3.8, 4) is 12.1 Å². The van der Waals surface area contributed by atoms with E-state index in [1.807, 2.05) is 0 Å². The third kappa shape index (κ3) is 3.73. The van der Waals surface area contributed by atoms with E-state index in [0.29, 0.717) is 24.2 Å². The molecule has 0 aromatic heterocycles. The van der Waals surface area contributed by atoms with Gasteiger partial charge in [0.2, 0.25) is 5.91 Å². The van der Waals surface area contributed by atoms with E-state index in [-0.39, 0.29) is 18.0 Å². The SMILES string of the molecule is CCC(C)(C)C1CCC(C)(NCC(=O)N2[C@H](C#N)CC[C@@H]2C#N)C1. The second-order valence-corrected chi connectivity index (χ2v) is 8.36. The smallest absolute Gasteiger partial charge is 0.238 e. The average molecular weight is 330 g/mol. The molecule has 1 aliphatic heterocycles. The largest absolute Gasteiger partial charge is 0.310 e. The molecule has 2 aliphatic rings. The summed E-state index contributed by atoms with van der Waals surface area (Å²) < 4.78 is 0. The van der Waals surface area contributed by atoms with Gasteiger partial charge in [-0.25, -0.2) is 0 Å². The molecular formula is C19H30N4O. The van der Waals surface area contributed by atoms with E-state index in [1.54, 1.807) is 0 Å². The first-order valence-corrected chi connectivity index (χ1v) is 9.12. The van der Waals surface area contributed by atoms with E-state index in [2.05, 4.69) is 45.2 Å². The fourth-order valence-corrected chi connectivity index (χ4v) is 4.15. The van der Waals surface area contributed by atoms with Crippen LogP contribution in [0.15, 0.2) is 0 Å². The van der Waals surface area contributed by atoms with Gasteiger partial charge in [-0.3, -0.25) is 4.79 Å². The van der Waals surface area contributed by atoms with Crippen molar-refractivity contribution < 1.29 is 4.79 Å². The second kappa shape index (κ2) is 7.11. The van der Waals surface area contributed by atoms with Crippen LogP contribution in [-0.2, 0) is 4.79 Å². The molecule has 1 heterocycles. The van der Waals surface area contributed by atoms with Gasteiger partial charge in [0.25, 0.3) is 0 Å². The van der Waals surface area contributed by atoms with Crippen molar-refractivity contribution in [1.82, 2.24) is 10.2 Å². The summed E-state index contributed by atoms with van der Waals surface area (Å²) in [5.41, 5.74) is 0.299. The second-order valence-electron chi connectivity index (χ2n) is 8.36. The maximum Gasteiger partial charge on any atom is 0.238 e. The lowest BCUT2D eigenvalue weighted by Gasteiger charge is -2.33. The van der Waals surface area contributed by atoms with Crippen LogP contribution in [0.5, 0.6) is 0 Å². The number of likely N-dealkylation sites (tertiary alicyclic amines) is 1. The van der Waals surface area contributed by atoms with Gasteiger partial charge in [-0.2, -0.15) is 10.5 Å². The van der Waals surface area contributed by atoms with Gasteiger partial charge >= 0.3 is 0 Å². The molecule has 5 heteroatoms. The molecule has 1 saturated carbocycles. The molecule has 2 rings (SSSR count). The zero-order valence-electron chi connectivity index (χ0n) is 15.4. The summed E-state index contributed by atoms with van der Waals surface area (Å²) in [5.74, 6) is 0.547. The van der Waals surface area contributed by atoms with E-state index >= 15 is 0 Å². The number of carbonyl (C=O) groups is 1. The predicted molar refractivity (Wildman–Crippen MR) is 92.7 cm³/mol. The monoisotopic (exact) mass is 330 g/mol. The fourth-order valence-electron chi connectivity index (χ4n) is 4.15. The van der Waals surface area contributed by atoms with Gasteiger partial charge < -0.3 is 10.2 Å². The van der Waals surface area contributed by atoms with Gasteiger partial charge in [-0.05, 0) is 50.4 Å². The Morgan fingerprint density at radius 1 is 1.25 bits per heavy atom. The van der Waals surface area contributed by atoms with Gasteiger partial charge in [0, 0.05) is 5.54 Å². The van der Waals surface area contributed by atoms with Crippen LogP contribution in [0.25, 0.3) is 0 Å². The van der Waals surface area contributed by atoms with Gasteiger partial charge in [0.15, 0.2) is 0 Å². The Morgan fingerprint density at radius 3 is 2.33 bits per heavy atom. The first kappa shape index (κ1) is 18.7. The number of hydrogen-bond acceptors (Lipinski definition) is 4. The van der Waals surface area contributed by atoms with Crippen molar-refractivity contribution in [2.75, 3.05) is 6.54 Å². The number of nitrogens with one attached hydrogen (secondary N) is 1. The number of hydrogen-bond donors (Lipinski definition) is 1. The zero-order chi connectivity index (χ0) is 18.0. The van der Waals surface area contributed by atoms with E-state index in [4.69, 9.17) is 0 Å². The molecule has 0 bridgehead atoms. The molecular weight excluding hydrogens is 300 g/mol. The molecule has 2 unspecified atom stereocenters. The van der Waals surface area contributed by atoms with Crippen molar-refractivity contribution >= 4 is 5.91 Å². The zero-order valence-corrected chi connectivity index (χ0v) is 15.4. The topological polar surface area (TPSA) is 79.9 Å². The highest BCUT2D eigenvalue weighted by molar-refractivity contribution is 5.80. The van der Waals surface area contributed by atoms with Gasteiger partial charge in [0.05, 0.1) is 18.7 Å². The Hall–Kier alpha value is -1.59. The molecule has 132 valence electrons. The van der Waals surface area contributed by atoms with Crippen LogP contribution in [0.4, 0.5) is 0 Å². The minimum absolute atomic E-state index is 0.0310. The van der Waals surface area contributed by atoms with Gasteiger partial charge in [-0.15, -0.1) is 0 Å². The van der Waals surface area contributed by atoms with Gasteiger partial charge in [-0.1, -0.05) is 27.2 Å². The van der Waals surface area contributed by atoms with Crippen molar-refractivity contribution in [2.45, 2.75) is 83.8 Å². The first-order chi connectivity index (χ1) is 11.3. The van der Waals surface area contributed by atoms with Crippen LogP contribution in [-0.4, -0.2) is 35.0 Å². The highest BCUT2D eigenvalue weighted by Crippen LogP contribution is 2.45. The van der Waals surface area contributed by atoms with Crippen molar-refractivity contribution in [3.63, 3.8) is 0 Å². The van der Waals surface area contributed by atoms with E-state index < -0.39 is 12.1 Å². The Kier molecular flexibility index (Phi) is 5.56. The molecule has 4 atom stereocenters. The number of nitriles is 2. The van der Waals surface area contributed by atoms with Crippen molar-refractivity contribution in [2.24, 2.45) is 11.3 Å². The number of rotatable bonds is 5. The Balaban J connectivity index is 1.95. The minimum atomic E-state index is -0.452. The summed E-state index contributed by atoms with van der Waals surface area (Å²) >= 11 is 0. The number of carbonyl (C=O) groups excluding carboxylic acids is 1. The van der Waals surface area contributed by atoms with Crippen molar-refractivity contribution in [1.29, 1.82) is 10.5 Å². The molecule has 0 radical (unpaired) electrons. The van der Waals surface area contributed by atoms with Crippen LogP contribution in [0, 0.1) is 34.0 Å². The predicted octanol–water partition coefficient (Wildman–Crippen LogP) is 2.98. The number of nitrogens with zero attached hydrogens (tertiary/aromatic N) is 3. The Labute approximate surface area is 146 Å². The highest BCUT2D eigenvalue weighted by atomic mass is 16.2. The molecule has 1 aliphatic carbocycles. The molecule has 24 heavy (non-hydrogen) atoms. The first-order valence-electron chi connectivity index (χ1n) is 9.12. The lowest BCUT2D eigenvalue weighted by atomic mass is 9.75. The summed E-state index contributed by atoms with van der Waals surface area (Å²) in [5, 5.41) is 21.9. The van der Waals surface area contributed by atoms with Crippen LogP contribution >= 0.6 is 0 Å². The van der Waals surface area contributed by atoms with E-state index in [1.165, 1.54) is 11.3 Å². The molecule has 1 amide bonds. The summed E-state index contributed by atoms with van der Waals surface area (Å²) in [7, 11) is 0. The third-order valence-corrected chi connectivity index (χ3v) is 6.40. The van der Waals surface area contributed by atoms with Crippen LogP contribution in [0.2, 0.25) is 0 Å². The quantitative estimate of drug-likeness (QED) is 0.840. The number of amides is 1. The molecule has 0 aromatic carbocycles. The molecule has 2 fully saturated rings. The van der Waals surface area contributed by atoms with Crippen LogP contribution in [0.1, 0.15) is 66.2 Å². The lowest BCUT2D eigenvalue weighted by Crippen LogP contribution is -2.50. The fraction of sp³-hybridized carbons (Fsp3) is 0.842. The maximum atomic E-state index is 12.6. The summed E-state index contributed by atoms with van der Waals surface area (Å²) in [4.78, 5) is 14.1. The van der Waals surface area contributed by atoms with E-state index in [0.717, 1.165) is 19.3 Å². The normalized spacial score (nSPS) is 33.2.